The average molecular weight is 242 g/mol. The third-order valence-corrected chi connectivity index (χ3v) is 3.96. The number of amides is 1. The van der Waals surface area contributed by atoms with E-state index < -0.39 is 5.54 Å². The van der Waals surface area contributed by atoms with Crippen LogP contribution < -0.4 is 11.1 Å². The van der Waals surface area contributed by atoms with E-state index >= 15 is 0 Å². The molecule has 1 amide bonds. The Morgan fingerprint density at radius 2 is 2.29 bits per heavy atom. The lowest BCUT2D eigenvalue weighted by Crippen LogP contribution is -2.56. The molecule has 100 valence electrons. The van der Waals surface area contributed by atoms with Crippen LogP contribution in [0.25, 0.3) is 0 Å². The number of ether oxygens (including phenoxy) is 1. The predicted molar refractivity (Wildman–Crippen MR) is 68.7 cm³/mol. The monoisotopic (exact) mass is 242 g/mol. The quantitative estimate of drug-likeness (QED) is 0.633. The van der Waals surface area contributed by atoms with Crippen molar-refractivity contribution in [1.82, 2.24) is 5.32 Å². The first-order chi connectivity index (χ1) is 8.17. The van der Waals surface area contributed by atoms with E-state index in [0.29, 0.717) is 5.92 Å². The molecule has 4 nitrogen and oxygen atoms in total. The van der Waals surface area contributed by atoms with Gasteiger partial charge in [0.05, 0.1) is 0 Å². The highest BCUT2D eigenvalue weighted by Gasteiger charge is 2.46. The molecule has 0 aromatic rings. The maximum atomic E-state index is 11.6. The zero-order chi connectivity index (χ0) is 12.7. The van der Waals surface area contributed by atoms with E-state index in [1.165, 1.54) is 0 Å². The summed E-state index contributed by atoms with van der Waals surface area (Å²) in [5.41, 5.74) is 5.05. The fourth-order valence-electron chi connectivity index (χ4n) is 2.82. The SMILES string of the molecule is CCCCOCCC1CCCC1(NC)C(N)=O. The van der Waals surface area contributed by atoms with Crippen molar-refractivity contribution >= 4 is 5.91 Å². The molecule has 4 heteroatoms. The van der Waals surface area contributed by atoms with Crippen molar-refractivity contribution in [3.05, 3.63) is 0 Å². The van der Waals surface area contributed by atoms with E-state index in [4.69, 9.17) is 10.5 Å². The second-order valence-electron chi connectivity index (χ2n) is 4.93. The highest BCUT2D eigenvalue weighted by atomic mass is 16.5. The molecular weight excluding hydrogens is 216 g/mol. The van der Waals surface area contributed by atoms with Crippen molar-refractivity contribution in [3.8, 4) is 0 Å². The maximum absolute atomic E-state index is 11.6. The van der Waals surface area contributed by atoms with E-state index in [2.05, 4.69) is 12.2 Å². The molecule has 0 bridgehead atoms. The molecule has 0 saturated heterocycles. The minimum Gasteiger partial charge on any atom is -0.381 e. The van der Waals surface area contributed by atoms with E-state index in [-0.39, 0.29) is 5.91 Å². The molecule has 0 spiro atoms. The standard InChI is InChI=1S/C13H26N2O2/c1-3-4-9-17-10-7-11-6-5-8-13(11,15-2)12(14)16/h11,15H,3-10H2,1-2H3,(H2,14,16). The van der Waals surface area contributed by atoms with Crippen molar-refractivity contribution in [2.75, 3.05) is 20.3 Å². The number of carbonyl (C=O) groups is 1. The zero-order valence-corrected chi connectivity index (χ0v) is 11.1. The molecule has 2 unspecified atom stereocenters. The van der Waals surface area contributed by atoms with Crippen LogP contribution in [0, 0.1) is 5.92 Å². The summed E-state index contributed by atoms with van der Waals surface area (Å²) in [6.07, 6.45) is 6.19. The van der Waals surface area contributed by atoms with Crippen LogP contribution in [0.3, 0.4) is 0 Å². The topological polar surface area (TPSA) is 64.3 Å². The number of nitrogens with two attached hydrogens (primary N) is 1. The van der Waals surface area contributed by atoms with Crippen molar-refractivity contribution in [2.24, 2.45) is 11.7 Å². The molecule has 1 rings (SSSR count). The molecule has 2 atom stereocenters. The number of likely N-dealkylation sites (N-methyl/N-ethyl adjacent to an activating group) is 1. The number of nitrogens with one attached hydrogen (secondary N) is 1. The molecule has 1 aliphatic carbocycles. The van der Waals surface area contributed by atoms with Crippen LogP contribution in [0.4, 0.5) is 0 Å². The van der Waals surface area contributed by atoms with Crippen LogP contribution >= 0.6 is 0 Å². The van der Waals surface area contributed by atoms with Gasteiger partial charge in [0, 0.05) is 13.2 Å². The van der Waals surface area contributed by atoms with E-state index in [1.54, 1.807) is 0 Å². The first-order valence-electron chi connectivity index (χ1n) is 6.74. The number of primary amides is 1. The van der Waals surface area contributed by atoms with Gasteiger partial charge in [-0.15, -0.1) is 0 Å². The summed E-state index contributed by atoms with van der Waals surface area (Å²) in [5, 5.41) is 3.15. The van der Waals surface area contributed by atoms with Gasteiger partial charge in [-0.05, 0) is 38.6 Å². The summed E-state index contributed by atoms with van der Waals surface area (Å²) in [5.74, 6) is 0.114. The molecular formula is C13H26N2O2. The first kappa shape index (κ1) is 14.5. The third-order valence-electron chi connectivity index (χ3n) is 3.96. The molecule has 17 heavy (non-hydrogen) atoms. The summed E-state index contributed by atoms with van der Waals surface area (Å²) in [4.78, 5) is 11.6. The molecule has 3 N–H and O–H groups in total. The Morgan fingerprint density at radius 1 is 1.53 bits per heavy atom. The Morgan fingerprint density at radius 3 is 2.88 bits per heavy atom. The van der Waals surface area contributed by atoms with Crippen LogP contribution in [0.2, 0.25) is 0 Å². The summed E-state index contributed by atoms with van der Waals surface area (Å²) >= 11 is 0. The maximum Gasteiger partial charge on any atom is 0.238 e. The Balaban J connectivity index is 2.38. The van der Waals surface area contributed by atoms with Gasteiger partial charge in [-0.25, -0.2) is 0 Å². The number of unbranched alkanes of at least 4 members (excludes halogenated alkanes) is 1. The highest BCUT2D eigenvalue weighted by molar-refractivity contribution is 5.85. The van der Waals surface area contributed by atoms with Crippen molar-refractivity contribution in [1.29, 1.82) is 0 Å². The fraction of sp³-hybridized carbons (Fsp3) is 0.923. The van der Waals surface area contributed by atoms with E-state index in [9.17, 15) is 4.79 Å². The van der Waals surface area contributed by atoms with Crippen LogP contribution in [0.15, 0.2) is 0 Å². The number of carbonyl (C=O) groups excluding carboxylic acids is 1. The summed E-state index contributed by atoms with van der Waals surface area (Å²) in [7, 11) is 1.83. The Labute approximate surface area is 104 Å². The van der Waals surface area contributed by atoms with Gasteiger partial charge in [-0.1, -0.05) is 19.8 Å². The molecule has 0 aromatic carbocycles. The van der Waals surface area contributed by atoms with Gasteiger partial charge in [0.25, 0.3) is 0 Å². The van der Waals surface area contributed by atoms with Crippen LogP contribution in [-0.4, -0.2) is 31.7 Å². The van der Waals surface area contributed by atoms with E-state index in [1.807, 2.05) is 7.05 Å². The lowest BCUT2D eigenvalue weighted by atomic mass is 9.84. The van der Waals surface area contributed by atoms with Gasteiger partial charge in [0.2, 0.25) is 5.91 Å². The summed E-state index contributed by atoms with van der Waals surface area (Å²) in [6, 6.07) is 0. The lowest BCUT2D eigenvalue weighted by Gasteiger charge is -2.32. The number of hydrogen-bond donors (Lipinski definition) is 2. The predicted octanol–water partition coefficient (Wildman–Crippen LogP) is 1.44. The molecule has 1 fully saturated rings. The lowest BCUT2D eigenvalue weighted by molar-refractivity contribution is -0.125. The van der Waals surface area contributed by atoms with Gasteiger partial charge in [-0.3, -0.25) is 4.79 Å². The Kier molecular flexibility index (Phi) is 5.92. The second-order valence-corrected chi connectivity index (χ2v) is 4.93. The highest BCUT2D eigenvalue weighted by Crippen LogP contribution is 2.37. The van der Waals surface area contributed by atoms with Crippen LogP contribution in [0.1, 0.15) is 45.4 Å². The number of rotatable bonds is 8. The zero-order valence-electron chi connectivity index (χ0n) is 11.1. The van der Waals surface area contributed by atoms with Gasteiger partial charge in [0.1, 0.15) is 5.54 Å². The average Bonchev–Trinajstić information content (AvgIpc) is 2.73. The Hall–Kier alpha value is -0.610. The molecule has 0 aromatic heterocycles. The van der Waals surface area contributed by atoms with Crippen molar-refractivity contribution in [3.63, 3.8) is 0 Å². The Bertz CT molecular complexity index is 246. The number of hydrogen-bond acceptors (Lipinski definition) is 3. The third kappa shape index (κ3) is 3.42. The molecule has 0 heterocycles. The van der Waals surface area contributed by atoms with Gasteiger partial charge in [-0.2, -0.15) is 0 Å². The van der Waals surface area contributed by atoms with E-state index in [0.717, 1.165) is 51.7 Å². The summed E-state index contributed by atoms with van der Waals surface area (Å²) < 4.78 is 5.57. The largest absolute Gasteiger partial charge is 0.381 e. The minimum atomic E-state index is -0.492. The van der Waals surface area contributed by atoms with Gasteiger partial charge < -0.3 is 15.8 Å². The smallest absolute Gasteiger partial charge is 0.238 e. The van der Waals surface area contributed by atoms with Crippen LogP contribution in [0.5, 0.6) is 0 Å². The minimum absolute atomic E-state index is 0.212. The molecule has 0 aliphatic heterocycles. The first-order valence-corrected chi connectivity index (χ1v) is 6.74. The second kappa shape index (κ2) is 6.97. The van der Waals surface area contributed by atoms with Gasteiger partial charge in [0.15, 0.2) is 0 Å². The van der Waals surface area contributed by atoms with Crippen LogP contribution in [-0.2, 0) is 9.53 Å². The molecule has 1 aliphatic rings. The molecule has 0 radical (unpaired) electrons. The normalized spacial score (nSPS) is 28.5. The van der Waals surface area contributed by atoms with Crippen molar-refractivity contribution < 1.29 is 9.53 Å². The fourth-order valence-corrected chi connectivity index (χ4v) is 2.82. The van der Waals surface area contributed by atoms with Crippen molar-refractivity contribution in [2.45, 2.75) is 51.0 Å². The van der Waals surface area contributed by atoms with Gasteiger partial charge >= 0.3 is 0 Å². The molecule has 1 saturated carbocycles. The summed E-state index contributed by atoms with van der Waals surface area (Å²) in [6.45, 7) is 3.72.